The molecule has 0 atom stereocenters. The van der Waals surface area contributed by atoms with Crippen LogP contribution in [0.2, 0.25) is 0 Å². The SMILES string of the molecule is N#Cc1cccc2c1C1(CCCCC1)c1cc(-c3ccc(-c4nc(-c5ccccc5)nc(-c5ccc6c(c5)oc5ccccc56)n4)cc3)ccc1-2. The van der Waals surface area contributed by atoms with Gasteiger partial charge in [-0.2, -0.15) is 5.26 Å². The van der Waals surface area contributed by atoms with E-state index < -0.39 is 0 Å². The van der Waals surface area contributed by atoms with Crippen molar-refractivity contribution in [2.45, 2.75) is 37.5 Å². The molecule has 1 spiro atoms. The van der Waals surface area contributed by atoms with E-state index in [4.69, 9.17) is 19.4 Å². The molecule has 0 radical (unpaired) electrons. The molecule has 2 aliphatic carbocycles. The number of furan rings is 1. The number of nitrogens with zero attached hydrogens (tertiary/aromatic N) is 4. The fourth-order valence-corrected chi connectivity index (χ4v) is 8.58. The van der Waals surface area contributed by atoms with E-state index in [0.29, 0.717) is 17.5 Å². The number of fused-ring (bicyclic) bond motifs is 8. The summed E-state index contributed by atoms with van der Waals surface area (Å²) in [5.74, 6) is 1.83. The first-order valence-electron chi connectivity index (χ1n) is 17.7. The molecular weight excluding hydrogens is 625 g/mol. The van der Waals surface area contributed by atoms with Gasteiger partial charge in [0.1, 0.15) is 11.2 Å². The van der Waals surface area contributed by atoms with Crippen molar-refractivity contribution in [3.63, 3.8) is 0 Å². The summed E-state index contributed by atoms with van der Waals surface area (Å²) >= 11 is 0. The van der Waals surface area contributed by atoms with Crippen LogP contribution in [0.1, 0.15) is 48.8 Å². The van der Waals surface area contributed by atoms with Crippen molar-refractivity contribution in [1.82, 2.24) is 15.0 Å². The third-order valence-electron chi connectivity index (χ3n) is 11.0. The van der Waals surface area contributed by atoms with Gasteiger partial charge in [-0.05, 0) is 76.6 Å². The minimum Gasteiger partial charge on any atom is -0.456 e. The Hall–Kier alpha value is -6.38. The maximum absolute atomic E-state index is 10.1. The fourth-order valence-electron chi connectivity index (χ4n) is 8.58. The molecule has 2 aromatic heterocycles. The molecule has 51 heavy (non-hydrogen) atoms. The lowest BCUT2D eigenvalue weighted by molar-refractivity contribution is 0.352. The number of hydrogen-bond acceptors (Lipinski definition) is 5. The van der Waals surface area contributed by atoms with Crippen molar-refractivity contribution in [3.05, 3.63) is 150 Å². The Balaban J connectivity index is 1.05. The van der Waals surface area contributed by atoms with Crippen molar-refractivity contribution in [2.24, 2.45) is 0 Å². The number of rotatable bonds is 4. The summed E-state index contributed by atoms with van der Waals surface area (Å²) in [6.07, 6.45) is 5.79. The van der Waals surface area contributed by atoms with E-state index in [1.165, 1.54) is 47.1 Å². The van der Waals surface area contributed by atoms with Gasteiger partial charge in [0.2, 0.25) is 0 Å². The van der Waals surface area contributed by atoms with Gasteiger partial charge in [0.25, 0.3) is 0 Å². The van der Waals surface area contributed by atoms with Gasteiger partial charge in [0, 0.05) is 32.9 Å². The second kappa shape index (κ2) is 11.6. The minimum atomic E-state index is -0.0916. The highest BCUT2D eigenvalue weighted by Crippen LogP contribution is 2.57. The van der Waals surface area contributed by atoms with Gasteiger partial charge in [0.05, 0.1) is 11.6 Å². The van der Waals surface area contributed by atoms with Crippen LogP contribution < -0.4 is 0 Å². The van der Waals surface area contributed by atoms with E-state index in [1.54, 1.807) is 0 Å². The molecule has 6 aromatic carbocycles. The standard InChI is InChI=1S/C46H32N4O/c47-28-34-12-9-14-38-35-22-20-32(26-39(35)46(42(34)38)24-7-2-8-25-46)29-16-18-31(19-17-29)44-48-43(30-10-3-1-4-11-30)49-45(50-44)33-21-23-37-36-13-5-6-15-40(36)51-41(37)27-33/h1,3-6,9-23,26-27H,2,7-8,24-25H2. The van der Waals surface area contributed by atoms with Crippen LogP contribution >= 0.6 is 0 Å². The molecule has 1 saturated carbocycles. The monoisotopic (exact) mass is 656 g/mol. The maximum Gasteiger partial charge on any atom is 0.164 e. The lowest BCUT2D eigenvalue weighted by Crippen LogP contribution is -2.29. The Morgan fingerprint density at radius 1 is 0.510 bits per heavy atom. The predicted molar refractivity (Wildman–Crippen MR) is 203 cm³/mol. The number of nitriles is 1. The molecule has 0 amide bonds. The maximum atomic E-state index is 10.1. The first kappa shape index (κ1) is 29.5. The van der Waals surface area contributed by atoms with Crippen LogP contribution in [-0.2, 0) is 5.41 Å². The first-order chi connectivity index (χ1) is 25.2. The molecule has 1 fully saturated rings. The Morgan fingerprint density at radius 3 is 1.94 bits per heavy atom. The highest BCUT2D eigenvalue weighted by molar-refractivity contribution is 6.05. The van der Waals surface area contributed by atoms with E-state index >= 15 is 0 Å². The van der Waals surface area contributed by atoms with Crippen LogP contribution in [-0.4, -0.2) is 15.0 Å². The van der Waals surface area contributed by atoms with Gasteiger partial charge in [-0.15, -0.1) is 0 Å². The van der Waals surface area contributed by atoms with Crippen LogP contribution in [0, 0.1) is 11.3 Å². The quantitative estimate of drug-likeness (QED) is 0.188. The highest BCUT2D eigenvalue weighted by Gasteiger charge is 2.45. The molecular formula is C46H32N4O. The fraction of sp³-hybridized carbons (Fsp3) is 0.130. The van der Waals surface area contributed by atoms with Crippen LogP contribution in [0.4, 0.5) is 0 Å². The summed E-state index contributed by atoms with van der Waals surface area (Å²) in [5, 5.41) is 12.3. The first-order valence-corrected chi connectivity index (χ1v) is 17.7. The molecule has 10 rings (SSSR count). The van der Waals surface area contributed by atoms with Gasteiger partial charge < -0.3 is 4.42 Å². The molecule has 2 heterocycles. The molecule has 0 bridgehead atoms. The van der Waals surface area contributed by atoms with Gasteiger partial charge in [0.15, 0.2) is 17.5 Å². The molecule has 0 N–H and O–H groups in total. The lowest BCUT2D eigenvalue weighted by atomic mass is 9.66. The summed E-state index contributed by atoms with van der Waals surface area (Å²) < 4.78 is 6.21. The number of para-hydroxylation sites is 1. The van der Waals surface area contributed by atoms with Gasteiger partial charge in [-0.3, -0.25) is 0 Å². The highest BCUT2D eigenvalue weighted by atomic mass is 16.3. The summed E-state index contributed by atoms with van der Waals surface area (Å²) in [7, 11) is 0. The zero-order chi connectivity index (χ0) is 33.9. The largest absolute Gasteiger partial charge is 0.456 e. The van der Waals surface area contributed by atoms with E-state index in [-0.39, 0.29) is 5.41 Å². The summed E-state index contributed by atoms with van der Waals surface area (Å²) in [5.41, 5.74) is 12.5. The molecule has 2 aliphatic rings. The average molecular weight is 657 g/mol. The molecule has 242 valence electrons. The van der Waals surface area contributed by atoms with E-state index in [2.05, 4.69) is 72.8 Å². The zero-order valence-electron chi connectivity index (χ0n) is 27.9. The Kier molecular flexibility index (Phi) is 6.72. The predicted octanol–water partition coefficient (Wildman–Crippen LogP) is 11.5. The summed E-state index contributed by atoms with van der Waals surface area (Å²) in [4.78, 5) is 14.9. The Morgan fingerprint density at radius 2 is 1.16 bits per heavy atom. The average Bonchev–Trinajstić information content (AvgIpc) is 3.71. The third kappa shape index (κ3) is 4.71. The number of benzene rings is 6. The van der Waals surface area contributed by atoms with Gasteiger partial charge in [-0.25, -0.2) is 15.0 Å². The lowest BCUT2D eigenvalue weighted by Gasteiger charge is -2.36. The van der Waals surface area contributed by atoms with E-state index in [9.17, 15) is 5.26 Å². The number of hydrogen-bond donors (Lipinski definition) is 0. The molecule has 0 aliphatic heterocycles. The second-order valence-corrected chi connectivity index (χ2v) is 13.8. The molecule has 0 unspecified atom stereocenters. The van der Waals surface area contributed by atoms with Crippen LogP contribution in [0.25, 0.3) is 78.4 Å². The molecule has 5 nitrogen and oxygen atoms in total. The topological polar surface area (TPSA) is 75.6 Å². The Labute approximate surface area is 295 Å². The van der Waals surface area contributed by atoms with Gasteiger partial charge in [-0.1, -0.05) is 122 Å². The van der Waals surface area contributed by atoms with Crippen molar-refractivity contribution >= 4 is 21.9 Å². The normalized spacial score (nSPS) is 14.4. The second-order valence-electron chi connectivity index (χ2n) is 13.8. The Bertz CT molecular complexity index is 2680. The summed E-state index contributed by atoms with van der Waals surface area (Å²) in [6, 6.07) is 48.5. The van der Waals surface area contributed by atoms with Crippen molar-refractivity contribution in [3.8, 4) is 62.5 Å². The smallest absolute Gasteiger partial charge is 0.164 e. The minimum absolute atomic E-state index is 0.0916. The van der Waals surface area contributed by atoms with E-state index in [1.807, 2.05) is 66.7 Å². The summed E-state index contributed by atoms with van der Waals surface area (Å²) in [6.45, 7) is 0. The van der Waals surface area contributed by atoms with Crippen molar-refractivity contribution in [2.75, 3.05) is 0 Å². The molecule has 8 aromatic rings. The van der Waals surface area contributed by atoms with Gasteiger partial charge >= 0.3 is 0 Å². The van der Waals surface area contributed by atoms with Crippen LogP contribution in [0.3, 0.4) is 0 Å². The van der Waals surface area contributed by atoms with Crippen LogP contribution in [0.5, 0.6) is 0 Å². The zero-order valence-corrected chi connectivity index (χ0v) is 27.9. The van der Waals surface area contributed by atoms with Crippen molar-refractivity contribution in [1.29, 1.82) is 5.26 Å². The molecule has 5 heteroatoms. The van der Waals surface area contributed by atoms with Crippen LogP contribution in [0.15, 0.2) is 138 Å². The molecule has 0 saturated heterocycles. The van der Waals surface area contributed by atoms with Crippen molar-refractivity contribution < 1.29 is 4.42 Å². The number of aromatic nitrogens is 3. The third-order valence-corrected chi connectivity index (χ3v) is 11.0. The van der Waals surface area contributed by atoms with E-state index in [0.717, 1.165) is 62.6 Å².